The van der Waals surface area contributed by atoms with Gasteiger partial charge >= 0.3 is 6.03 Å². The van der Waals surface area contributed by atoms with Gasteiger partial charge in [-0.1, -0.05) is 6.07 Å². The van der Waals surface area contributed by atoms with Crippen molar-refractivity contribution in [2.45, 2.75) is 43.8 Å². The molecule has 1 aliphatic heterocycles. The lowest BCUT2D eigenvalue weighted by atomic mass is 9.99. The monoisotopic (exact) mass is 441 g/mol. The average Bonchev–Trinajstić information content (AvgIpc) is 3.19. The van der Waals surface area contributed by atoms with Gasteiger partial charge in [0.15, 0.2) is 0 Å². The van der Waals surface area contributed by atoms with Crippen molar-refractivity contribution in [3.8, 4) is 0 Å². The number of aryl methyl sites for hydroxylation is 2. The van der Waals surface area contributed by atoms with Gasteiger partial charge in [0.05, 0.1) is 5.75 Å². The van der Waals surface area contributed by atoms with E-state index in [2.05, 4.69) is 16.1 Å². The fourth-order valence-electron chi connectivity index (χ4n) is 4.51. The largest absolute Gasteiger partial charge is 0.332 e. The van der Waals surface area contributed by atoms with Crippen LogP contribution < -0.4 is 10.0 Å². The van der Waals surface area contributed by atoms with Gasteiger partial charge in [0.2, 0.25) is 10.0 Å². The molecule has 0 unspecified atom stereocenters. The lowest BCUT2D eigenvalue weighted by Crippen LogP contribution is -2.59. The molecule has 1 aromatic carbocycles. The molecule has 160 valence electrons. The third-order valence-corrected chi connectivity index (χ3v) is 8.66. The number of nitrogens with one attached hydrogen (secondary N) is 2. The first-order valence-electron chi connectivity index (χ1n) is 10.0. The Morgan fingerprint density at radius 2 is 1.62 bits per heavy atom. The van der Waals surface area contributed by atoms with Crippen LogP contribution in [0.15, 0.2) is 6.07 Å². The Morgan fingerprint density at radius 1 is 1.03 bits per heavy atom. The average molecular weight is 442 g/mol. The van der Waals surface area contributed by atoms with Crippen molar-refractivity contribution < 1.29 is 21.6 Å². The van der Waals surface area contributed by atoms with Crippen LogP contribution in [0.25, 0.3) is 0 Å². The molecular formula is C19H27N3O5S2. The number of likely N-dealkylation sites (tertiary alicyclic amines) is 1. The predicted octanol–water partition coefficient (Wildman–Crippen LogP) is 0.844. The molecule has 0 saturated carbocycles. The van der Waals surface area contributed by atoms with Crippen LogP contribution >= 0.6 is 0 Å². The number of rotatable bonds is 6. The van der Waals surface area contributed by atoms with Crippen molar-refractivity contribution in [3.63, 3.8) is 0 Å². The molecule has 29 heavy (non-hydrogen) atoms. The Kier molecular flexibility index (Phi) is 5.37. The zero-order valence-electron chi connectivity index (χ0n) is 16.5. The Labute approximate surface area is 172 Å². The molecular weight excluding hydrogens is 414 g/mol. The molecule has 1 fully saturated rings. The summed E-state index contributed by atoms with van der Waals surface area (Å²) in [6, 6.07) is 1.54. The first-order chi connectivity index (χ1) is 13.6. The van der Waals surface area contributed by atoms with E-state index >= 15 is 0 Å². The molecule has 1 heterocycles. The highest BCUT2D eigenvalue weighted by molar-refractivity contribution is 7.91. The van der Waals surface area contributed by atoms with E-state index in [9.17, 15) is 21.6 Å². The number of sulfonamides is 1. The molecule has 0 bridgehead atoms. The van der Waals surface area contributed by atoms with Crippen molar-refractivity contribution in [1.82, 2.24) is 9.62 Å². The van der Waals surface area contributed by atoms with Gasteiger partial charge in [0.25, 0.3) is 0 Å². The number of carbonyl (C=O) groups excluding carboxylic acids is 1. The fourth-order valence-corrected chi connectivity index (χ4v) is 6.40. The molecule has 1 saturated heterocycles. The molecule has 2 N–H and O–H groups in total. The predicted molar refractivity (Wildman–Crippen MR) is 112 cm³/mol. The maximum Gasteiger partial charge on any atom is 0.332 e. The van der Waals surface area contributed by atoms with Crippen molar-refractivity contribution in [2.75, 3.05) is 37.0 Å². The molecule has 2 amide bonds. The lowest BCUT2D eigenvalue weighted by molar-refractivity contribution is 0.195. The normalized spacial score (nSPS) is 19.5. The van der Waals surface area contributed by atoms with E-state index in [4.69, 9.17) is 0 Å². The highest BCUT2D eigenvalue weighted by Crippen LogP contribution is 2.38. The number of sulfone groups is 1. The van der Waals surface area contributed by atoms with Crippen LogP contribution in [0.5, 0.6) is 0 Å². The van der Waals surface area contributed by atoms with Crippen LogP contribution in [0.4, 0.5) is 10.5 Å². The van der Waals surface area contributed by atoms with Crippen molar-refractivity contribution >= 4 is 31.6 Å². The molecule has 10 heteroatoms. The number of amides is 2. The van der Waals surface area contributed by atoms with E-state index in [1.807, 2.05) is 0 Å². The van der Waals surface area contributed by atoms with Crippen LogP contribution in [-0.2, 0) is 45.5 Å². The SMILES string of the molecule is CS(=O)(=O)CCN1CC(S(=O)(=O)NC(=O)Nc2c3c(cc4c2CCC4)CCC3)C1. The van der Waals surface area contributed by atoms with Crippen molar-refractivity contribution in [3.05, 3.63) is 28.3 Å². The fraction of sp³-hybridized carbons (Fsp3) is 0.632. The quantitative estimate of drug-likeness (QED) is 0.677. The number of carbonyl (C=O) groups is 1. The minimum absolute atomic E-state index is 0.00207. The smallest absolute Gasteiger partial charge is 0.307 e. The van der Waals surface area contributed by atoms with E-state index < -0.39 is 31.1 Å². The Morgan fingerprint density at radius 3 is 2.17 bits per heavy atom. The van der Waals surface area contributed by atoms with Crippen LogP contribution in [0.1, 0.15) is 35.1 Å². The van der Waals surface area contributed by atoms with Crippen LogP contribution in [0, 0.1) is 0 Å². The second kappa shape index (κ2) is 7.55. The Balaban J connectivity index is 1.39. The Bertz CT molecular complexity index is 1010. The zero-order valence-corrected chi connectivity index (χ0v) is 18.2. The van der Waals surface area contributed by atoms with E-state index in [1.165, 1.54) is 11.1 Å². The molecule has 3 aliphatic rings. The third kappa shape index (κ3) is 4.44. The van der Waals surface area contributed by atoms with Gasteiger partial charge in [-0.15, -0.1) is 0 Å². The summed E-state index contributed by atoms with van der Waals surface area (Å²) < 4.78 is 49.6. The van der Waals surface area contributed by atoms with E-state index in [0.717, 1.165) is 61.6 Å². The summed E-state index contributed by atoms with van der Waals surface area (Å²) in [7, 11) is -6.89. The van der Waals surface area contributed by atoms with Gasteiger partial charge in [-0.05, 0) is 60.8 Å². The third-order valence-electron chi connectivity index (χ3n) is 6.09. The molecule has 8 nitrogen and oxygen atoms in total. The minimum atomic E-state index is -3.81. The van der Waals surface area contributed by atoms with Crippen molar-refractivity contribution in [2.24, 2.45) is 0 Å². The summed E-state index contributed by atoms with van der Waals surface area (Å²) in [5, 5.41) is 2.13. The first-order valence-corrected chi connectivity index (χ1v) is 13.6. The van der Waals surface area contributed by atoms with Crippen LogP contribution in [0.2, 0.25) is 0 Å². The summed E-state index contributed by atoms with van der Waals surface area (Å²) in [6.45, 7) is 0.766. The molecule has 2 aliphatic carbocycles. The summed E-state index contributed by atoms with van der Waals surface area (Å²) >= 11 is 0. The number of benzene rings is 1. The summed E-state index contributed by atoms with van der Waals surface area (Å²) in [6.07, 6.45) is 7.08. The maximum absolute atomic E-state index is 12.5. The number of urea groups is 1. The topological polar surface area (TPSA) is 113 Å². The Hall–Kier alpha value is -1.65. The number of hydrogen-bond donors (Lipinski definition) is 2. The standard InChI is InChI=1S/C19H27N3O5S2/c1-28(24,25)9-8-22-11-15(12-22)29(26,27)21-19(23)20-18-16-6-2-4-13(16)10-14-5-3-7-17(14)18/h10,15H,2-9,11-12H2,1H3,(H2,20,21,23). The van der Waals surface area contributed by atoms with Crippen LogP contribution in [-0.4, -0.2) is 64.7 Å². The second-order valence-electron chi connectivity index (χ2n) is 8.35. The minimum Gasteiger partial charge on any atom is -0.307 e. The van der Waals surface area contributed by atoms with Gasteiger partial charge in [0.1, 0.15) is 15.1 Å². The molecule has 0 aromatic heterocycles. The van der Waals surface area contributed by atoms with Crippen LogP contribution in [0.3, 0.4) is 0 Å². The van der Waals surface area contributed by atoms with E-state index in [1.54, 1.807) is 4.90 Å². The van der Waals surface area contributed by atoms with Gasteiger partial charge in [-0.25, -0.2) is 26.4 Å². The molecule has 0 spiro atoms. The number of nitrogens with zero attached hydrogens (tertiary/aromatic N) is 1. The van der Waals surface area contributed by atoms with E-state index in [-0.39, 0.29) is 18.8 Å². The number of hydrogen-bond acceptors (Lipinski definition) is 6. The van der Waals surface area contributed by atoms with E-state index in [0.29, 0.717) is 6.54 Å². The summed E-state index contributed by atoms with van der Waals surface area (Å²) in [5.74, 6) is -0.00207. The molecule has 0 radical (unpaired) electrons. The first kappa shape index (κ1) is 20.6. The van der Waals surface area contributed by atoms with Gasteiger partial charge in [-0.2, -0.15) is 0 Å². The highest BCUT2D eigenvalue weighted by atomic mass is 32.2. The zero-order chi connectivity index (χ0) is 20.8. The van der Waals surface area contributed by atoms with Gasteiger partial charge in [0, 0.05) is 31.6 Å². The van der Waals surface area contributed by atoms with Gasteiger partial charge < -0.3 is 5.32 Å². The lowest BCUT2D eigenvalue weighted by Gasteiger charge is -2.38. The summed E-state index contributed by atoms with van der Waals surface area (Å²) in [5.41, 5.74) is 5.64. The molecule has 0 atom stereocenters. The van der Waals surface area contributed by atoms with Crippen molar-refractivity contribution in [1.29, 1.82) is 0 Å². The second-order valence-corrected chi connectivity index (χ2v) is 12.6. The molecule has 4 rings (SSSR count). The maximum atomic E-state index is 12.5. The highest BCUT2D eigenvalue weighted by Gasteiger charge is 2.38. The van der Waals surface area contributed by atoms with Gasteiger partial charge in [-0.3, -0.25) is 4.90 Å². The summed E-state index contributed by atoms with van der Waals surface area (Å²) in [4.78, 5) is 14.3. The number of fused-ring (bicyclic) bond motifs is 2. The molecule has 1 aromatic rings. The number of anilines is 1.